The van der Waals surface area contributed by atoms with E-state index in [4.69, 9.17) is 16.7 Å². The Morgan fingerprint density at radius 1 is 1.41 bits per heavy atom. The minimum absolute atomic E-state index is 0.138. The number of aliphatic carboxylic acids is 1. The predicted octanol–water partition coefficient (Wildman–Crippen LogP) is 3.68. The first kappa shape index (κ1) is 13.6. The molecule has 92 valence electrons. The first-order valence-corrected chi connectivity index (χ1v) is 4.88. The summed E-state index contributed by atoms with van der Waals surface area (Å²) in [7, 11) is 0. The van der Waals surface area contributed by atoms with Gasteiger partial charge < -0.3 is 5.11 Å². The molecule has 1 aromatic carbocycles. The number of hydrogen-bond acceptors (Lipinski definition) is 1. The monoisotopic (exact) mass is 264 g/mol. The molecule has 1 aromatic rings. The molecular weight excluding hydrogens is 257 g/mol. The number of carboxylic acids is 1. The highest BCUT2D eigenvalue weighted by atomic mass is 35.5. The maximum Gasteiger partial charge on any atom is 0.417 e. The van der Waals surface area contributed by atoms with Gasteiger partial charge in [-0.3, -0.25) is 0 Å². The molecule has 0 aliphatic heterocycles. The van der Waals surface area contributed by atoms with Gasteiger partial charge in [0.25, 0.3) is 0 Å². The van der Waals surface area contributed by atoms with Gasteiger partial charge >= 0.3 is 12.1 Å². The quantitative estimate of drug-likeness (QED) is 0.828. The van der Waals surface area contributed by atoms with Crippen molar-refractivity contribution in [1.82, 2.24) is 0 Å². The Morgan fingerprint density at radius 3 is 2.47 bits per heavy atom. The van der Waals surface area contributed by atoms with E-state index in [-0.39, 0.29) is 22.2 Å². The summed E-state index contributed by atoms with van der Waals surface area (Å²) in [5.41, 5.74) is -1.25. The Hall–Kier alpha value is -1.49. The Kier molecular flexibility index (Phi) is 3.83. The van der Waals surface area contributed by atoms with E-state index in [0.717, 1.165) is 0 Å². The number of allylic oxidation sites excluding steroid dienone is 1. The van der Waals surface area contributed by atoms with Crippen LogP contribution < -0.4 is 0 Å². The van der Waals surface area contributed by atoms with Crippen LogP contribution >= 0.6 is 11.6 Å². The van der Waals surface area contributed by atoms with Crippen LogP contribution in [0.2, 0.25) is 5.02 Å². The van der Waals surface area contributed by atoms with E-state index in [0.29, 0.717) is 0 Å². The fourth-order valence-corrected chi connectivity index (χ4v) is 1.51. The largest absolute Gasteiger partial charge is 0.478 e. The molecule has 0 saturated heterocycles. The Morgan fingerprint density at radius 2 is 2.00 bits per heavy atom. The molecule has 1 rings (SSSR count). The van der Waals surface area contributed by atoms with E-state index in [9.17, 15) is 18.0 Å². The second kappa shape index (κ2) is 4.79. The van der Waals surface area contributed by atoms with Crippen LogP contribution in [-0.4, -0.2) is 17.3 Å². The Balaban J connectivity index is 3.44. The molecule has 0 heterocycles. The normalized spacial score (nSPS) is 12.6. The van der Waals surface area contributed by atoms with Gasteiger partial charge in [0, 0.05) is 11.1 Å². The molecule has 0 radical (unpaired) electrons. The van der Waals surface area contributed by atoms with E-state index < -0.39 is 17.7 Å². The highest BCUT2D eigenvalue weighted by Gasteiger charge is 2.36. The van der Waals surface area contributed by atoms with Crippen molar-refractivity contribution < 1.29 is 23.1 Å². The molecule has 0 fully saturated rings. The number of benzene rings is 1. The molecule has 0 bridgehead atoms. The van der Waals surface area contributed by atoms with E-state index >= 15 is 0 Å². The van der Waals surface area contributed by atoms with E-state index in [1.807, 2.05) is 0 Å². The van der Waals surface area contributed by atoms with Gasteiger partial charge in [-0.1, -0.05) is 23.7 Å². The zero-order valence-corrected chi connectivity index (χ0v) is 9.43. The molecule has 0 aliphatic rings. The number of carboxylic acid groups (broad SMARTS) is 1. The minimum Gasteiger partial charge on any atom is -0.478 e. The minimum atomic E-state index is -4.74. The van der Waals surface area contributed by atoms with Crippen molar-refractivity contribution in [2.75, 3.05) is 0 Å². The molecule has 0 saturated carbocycles. The lowest BCUT2D eigenvalue weighted by atomic mass is 10.00. The van der Waals surface area contributed by atoms with Crippen LogP contribution in [0.5, 0.6) is 0 Å². The van der Waals surface area contributed by atoms with E-state index in [2.05, 4.69) is 0 Å². The molecule has 0 spiro atoms. The number of hydrogen-bond donors (Lipinski definition) is 1. The zero-order chi connectivity index (χ0) is 13.2. The van der Waals surface area contributed by atoms with Gasteiger partial charge in [-0.2, -0.15) is 13.2 Å². The SMILES string of the molecule is Cc1c(Cl)cccc1/C(=C\C(=O)O)C(F)(F)F. The average molecular weight is 265 g/mol. The van der Waals surface area contributed by atoms with Crippen molar-refractivity contribution >= 4 is 23.1 Å². The van der Waals surface area contributed by atoms with Crippen molar-refractivity contribution in [1.29, 1.82) is 0 Å². The lowest BCUT2D eigenvalue weighted by molar-refractivity contribution is -0.131. The molecule has 0 aromatic heterocycles. The third kappa shape index (κ3) is 3.23. The van der Waals surface area contributed by atoms with Crippen molar-refractivity contribution in [3.8, 4) is 0 Å². The van der Waals surface area contributed by atoms with Gasteiger partial charge in [0.15, 0.2) is 0 Å². The second-order valence-corrected chi connectivity index (χ2v) is 3.71. The van der Waals surface area contributed by atoms with Crippen molar-refractivity contribution in [3.63, 3.8) is 0 Å². The Labute approximate surface area is 100 Å². The zero-order valence-electron chi connectivity index (χ0n) is 8.68. The van der Waals surface area contributed by atoms with Gasteiger partial charge in [-0.15, -0.1) is 0 Å². The summed E-state index contributed by atoms with van der Waals surface area (Å²) >= 11 is 5.70. The highest BCUT2D eigenvalue weighted by molar-refractivity contribution is 6.31. The smallest absolute Gasteiger partial charge is 0.417 e. The van der Waals surface area contributed by atoms with Gasteiger partial charge in [0.2, 0.25) is 0 Å². The lowest BCUT2D eigenvalue weighted by Crippen LogP contribution is -2.13. The fourth-order valence-electron chi connectivity index (χ4n) is 1.34. The summed E-state index contributed by atoms with van der Waals surface area (Å²) < 4.78 is 38.1. The molecule has 0 aliphatic carbocycles. The van der Waals surface area contributed by atoms with Crippen LogP contribution in [0.4, 0.5) is 13.2 Å². The van der Waals surface area contributed by atoms with Gasteiger partial charge in [-0.05, 0) is 24.1 Å². The van der Waals surface area contributed by atoms with Crippen LogP contribution in [0.15, 0.2) is 24.3 Å². The summed E-state index contributed by atoms with van der Waals surface area (Å²) in [6, 6.07) is 3.96. The molecule has 2 nitrogen and oxygen atoms in total. The molecule has 1 N–H and O–H groups in total. The van der Waals surface area contributed by atoms with Crippen molar-refractivity contribution in [2.24, 2.45) is 0 Å². The number of carbonyl (C=O) groups is 1. The summed E-state index contributed by atoms with van der Waals surface area (Å²) in [5.74, 6) is -1.66. The van der Waals surface area contributed by atoms with E-state index in [1.165, 1.54) is 25.1 Å². The van der Waals surface area contributed by atoms with Crippen LogP contribution in [-0.2, 0) is 4.79 Å². The maximum absolute atomic E-state index is 12.7. The van der Waals surface area contributed by atoms with Crippen molar-refractivity contribution in [2.45, 2.75) is 13.1 Å². The molecule has 0 amide bonds. The fraction of sp³-hybridized carbons (Fsp3) is 0.182. The van der Waals surface area contributed by atoms with Gasteiger partial charge in [-0.25, -0.2) is 4.79 Å². The number of alkyl halides is 3. The third-order valence-electron chi connectivity index (χ3n) is 2.13. The molecule has 6 heteroatoms. The molecule has 0 unspecified atom stereocenters. The topological polar surface area (TPSA) is 37.3 Å². The first-order chi connectivity index (χ1) is 7.73. The molecule has 17 heavy (non-hydrogen) atoms. The standard InChI is InChI=1S/C11H8ClF3O2/c1-6-7(3-2-4-9(6)12)8(5-10(16)17)11(13,14)15/h2-5H,1H3,(H,16,17)/b8-5+. The summed E-state index contributed by atoms with van der Waals surface area (Å²) in [6.07, 6.45) is -4.60. The summed E-state index contributed by atoms with van der Waals surface area (Å²) in [5, 5.41) is 8.61. The summed E-state index contributed by atoms with van der Waals surface area (Å²) in [4.78, 5) is 10.4. The van der Waals surface area contributed by atoms with E-state index in [1.54, 1.807) is 0 Å². The first-order valence-electron chi connectivity index (χ1n) is 4.51. The van der Waals surface area contributed by atoms with Crippen LogP contribution in [0.25, 0.3) is 5.57 Å². The maximum atomic E-state index is 12.7. The second-order valence-electron chi connectivity index (χ2n) is 3.31. The van der Waals surface area contributed by atoms with Crippen molar-refractivity contribution in [3.05, 3.63) is 40.4 Å². The van der Waals surface area contributed by atoms with Gasteiger partial charge in [0.05, 0.1) is 5.57 Å². The van der Waals surface area contributed by atoms with Crippen LogP contribution in [0, 0.1) is 6.92 Å². The lowest BCUT2D eigenvalue weighted by Gasteiger charge is -2.14. The number of halogens is 4. The van der Waals surface area contributed by atoms with Gasteiger partial charge in [0.1, 0.15) is 0 Å². The van der Waals surface area contributed by atoms with Crippen LogP contribution in [0.1, 0.15) is 11.1 Å². The highest BCUT2D eigenvalue weighted by Crippen LogP contribution is 2.36. The third-order valence-corrected chi connectivity index (χ3v) is 2.54. The molecule has 0 atom stereocenters. The summed E-state index contributed by atoms with van der Waals surface area (Å²) in [6.45, 7) is 1.40. The number of rotatable bonds is 2. The molecular formula is C11H8ClF3O2. The predicted molar refractivity (Wildman–Crippen MR) is 57.9 cm³/mol. The Bertz CT molecular complexity index is 478. The van der Waals surface area contributed by atoms with Crippen LogP contribution in [0.3, 0.4) is 0 Å². The average Bonchev–Trinajstić information content (AvgIpc) is 2.17.